The van der Waals surface area contributed by atoms with Crippen molar-refractivity contribution in [2.24, 2.45) is 11.7 Å². The molecule has 0 spiro atoms. The third-order valence-electron chi connectivity index (χ3n) is 3.64. The van der Waals surface area contributed by atoms with Gasteiger partial charge in [-0.05, 0) is 42.3 Å². The Balaban J connectivity index is 0.00000192. The fourth-order valence-electron chi connectivity index (χ4n) is 2.27. The molecule has 1 fully saturated rings. The Morgan fingerprint density at radius 2 is 2.13 bits per heavy atom. The van der Waals surface area contributed by atoms with Gasteiger partial charge < -0.3 is 20.8 Å². The fourth-order valence-corrected chi connectivity index (χ4v) is 3.05. The van der Waals surface area contributed by atoms with Crippen molar-refractivity contribution in [3.63, 3.8) is 0 Å². The molecule has 4 N–H and O–H groups in total. The summed E-state index contributed by atoms with van der Waals surface area (Å²) in [5, 5.41) is 7.92. The van der Waals surface area contributed by atoms with Gasteiger partial charge in [-0.15, -0.1) is 23.7 Å². The second-order valence-corrected chi connectivity index (χ2v) is 6.16. The van der Waals surface area contributed by atoms with E-state index in [1.165, 1.54) is 17.6 Å². The number of hydrogen-bond acceptors (Lipinski definition) is 5. The zero-order valence-electron chi connectivity index (χ0n) is 12.3. The lowest BCUT2D eigenvalue weighted by Crippen LogP contribution is -2.41. The first-order chi connectivity index (χ1) is 10.7. The van der Waals surface area contributed by atoms with Crippen molar-refractivity contribution in [3.05, 3.63) is 41.2 Å². The molecule has 0 bridgehead atoms. The number of amides is 2. The topological polar surface area (TPSA) is 97.4 Å². The molecule has 2 amide bonds. The highest BCUT2D eigenvalue weighted by atomic mass is 35.5. The number of rotatable bonds is 6. The second kappa shape index (κ2) is 7.63. The Morgan fingerprint density at radius 1 is 1.35 bits per heavy atom. The zero-order chi connectivity index (χ0) is 15.5. The minimum Gasteiger partial charge on any atom is -0.459 e. The first-order valence-electron chi connectivity index (χ1n) is 7.12. The molecular formula is C15H18ClN3O3S. The van der Waals surface area contributed by atoms with Crippen LogP contribution in [0.25, 0.3) is 0 Å². The van der Waals surface area contributed by atoms with Gasteiger partial charge in [0.2, 0.25) is 0 Å². The summed E-state index contributed by atoms with van der Waals surface area (Å²) in [4.78, 5) is 24.4. The molecule has 23 heavy (non-hydrogen) atoms. The van der Waals surface area contributed by atoms with Crippen LogP contribution in [-0.4, -0.2) is 24.4 Å². The second-order valence-electron chi connectivity index (χ2n) is 5.25. The van der Waals surface area contributed by atoms with Crippen molar-refractivity contribution in [2.45, 2.75) is 18.9 Å². The van der Waals surface area contributed by atoms with Crippen molar-refractivity contribution in [1.29, 1.82) is 0 Å². The third-order valence-corrected chi connectivity index (χ3v) is 4.47. The van der Waals surface area contributed by atoms with Gasteiger partial charge in [-0.2, -0.15) is 0 Å². The van der Waals surface area contributed by atoms with Gasteiger partial charge in [0.25, 0.3) is 11.8 Å². The van der Waals surface area contributed by atoms with E-state index in [1.807, 2.05) is 0 Å². The monoisotopic (exact) mass is 355 g/mol. The number of hydrogen-bond donors (Lipinski definition) is 3. The van der Waals surface area contributed by atoms with Crippen LogP contribution in [0.2, 0.25) is 0 Å². The van der Waals surface area contributed by atoms with Gasteiger partial charge in [0, 0.05) is 12.6 Å². The van der Waals surface area contributed by atoms with E-state index in [-0.39, 0.29) is 36.0 Å². The predicted molar refractivity (Wildman–Crippen MR) is 91.3 cm³/mol. The minimum absolute atomic E-state index is 0. The molecule has 0 saturated heterocycles. The lowest BCUT2D eigenvalue weighted by Gasteiger charge is -2.16. The van der Waals surface area contributed by atoms with Crippen LogP contribution in [0.1, 0.15) is 33.8 Å². The van der Waals surface area contributed by atoms with Crippen LogP contribution in [0.3, 0.4) is 0 Å². The molecule has 1 aliphatic rings. The number of furan rings is 1. The van der Waals surface area contributed by atoms with Crippen molar-refractivity contribution in [1.82, 2.24) is 5.32 Å². The molecule has 2 aromatic rings. The molecule has 2 aromatic heterocycles. The summed E-state index contributed by atoms with van der Waals surface area (Å²) in [5.74, 6) is 0.101. The normalized spacial score (nSPS) is 14.7. The van der Waals surface area contributed by atoms with Crippen LogP contribution < -0.4 is 16.4 Å². The van der Waals surface area contributed by atoms with Crippen LogP contribution in [0, 0.1) is 5.92 Å². The van der Waals surface area contributed by atoms with E-state index in [0.717, 1.165) is 12.8 Å². The number of nitrogens with one attached hydrogen (secondary N) is 2. The lowest BCUT2D eigenvalue weighted by molar-refractivity contribution is 0.0935. The highest BCUT2D eigenvalue weighted by Gasteiger charge is 2.32. The standard InChI is InChI=1S/C15H17N3O3S.ClH/c16-8-11(9-3-4-9)17-13(19)10-5-7-22-15(10)18-14(20)12-2-1-6-21-12;/h1-2,5-7,9,11H,3-4,8,16H2,(H,17,19)(H,18,20);1H. The average molecular weight is 356 g/mol. The molecule has 8 heteroatoms. The summed E-state index contributed by atoms with van der Waals surface area (Å²) in [5.41, 5.74) is 6.15. The largest absolute Gasteiger partial charge is 0.459 e. The molecule has 124 valence electrons. The van der Waals surface area contributed by atoms with Crippen LogP contribution in [-0.2, 0) is 0 Å². The third kappa shape index (κ3) is 4.13. The van der Waals surface area contributed by atoms with Crippen LogP contribution in [0.5, 0.6) is 0 Å². The highest BCUT2D eigenvalue weighted by Crippen LogP contribution is 2.32. The van der Waals surface area contributed by atoms with Crippen LogP contribution >= 0.6 is 23.7 Å². The zero-order valence-corrected chi connectivity index (χ0v) is 13.9. The van der Waals surface area contributed by atoms with E-state index in [2.05, 4.69) is 10.6 Å². The lowest BCUT2D eigenvalue weighted by atomic mass is 10.1. The van der Waals surface area contributed by atoms with Crippen molar-refractivity contribution >= 4 is 40.6 Å². The van der Waals surface area contributed by atoms with Gasteiger partial charge >= 0.3 is 0 Å². The Labute approximate surface area is 143 Å². The van der Waals surface area contributed by atoms with E-state index in [4.69, 9.17) is 10.2 Å². The molecule has 1 aliphatic carbocycles. The maximum Gasteiger partial charge on any atom is 0.291 e. The van der Waals surface area contributed by atoms with Gasteiger partial charge in [0.1, 0.15) is 5.00 Å². The SMILES string of the molecule is Cl.NCC(NC(=O)c1ccsc1NC(=O)c1ccco1)C1CC1. The maximum atomic E-state index is 12.4. The predicted octanol–water partition coefficient (Wildman–Crippen LogP) is 2.48. The van der Waals surface area contributed by atoms with Crippen molar-refractivity contribution < 1.29 is 14.0 Å². The van der Waals surface area contributed by atoms with Crippen LogP contribution in [0.4, 0.5) is 5.00 Å². The summed E-state index contributed by atoms with van der Waals surface area (Å²) in [6.45, 7) is 0.425. The van der Waals surface area contributed by atoms with Crippen LogP contribution in [0.15, 0.2) is 34.3 Å². The molecule has 3 rings (SSSR count). The van der Waals surface area contributed by atoms with Crippen molar-refractivity contribution in [3.8, 4) is 0 Å². The van der Waals surface area contributed by atoms with Gasteiger partial charge in [-0.25, -0.2) is 0 Å². The Hall–Kier alpha value is -1.83. The molecule has 1 atom stereocenters. The molecule has 0 aromatic carbocycles. The van der Waals surface area contributed by atoms with Gasteiger partial charge in [0.05, 0.1) is 11.8 Å². The number of anilines is 1. The number of halogens is 1. The molecule has 1 saturated carbocycles. The summed E-state index contributed by atoms with van der Waals surface area (Å²) >= 11 is 1.30. The van der Waals surface area contributed by atoms with Gasteiger partial charge in [-0.3, -0.25) is 9.59 Å². The van der Waals surface area contributed by atoms with E-state index >= 15 is 0 Å². The summed E-state index contributed by atoms with van der Waals surface area (Å²) in [7, 11) is 0. The summed E-state index contributed by atoms with van der Waals surface area (Å²) in [6.07, 6.45) is 3.64. The maximum absolute atomic E-state index is 12.4. The van der Waals surface area contributed by atoms with E-state index in [9.17, 15) is 9.59 Å². The molecule has 0 aliphatic heterocycles. The minimum atomic E-state index is -0.376. The molecular weight excluding hydrogens is 338 g/mol. The number of thiophene rings is 1. The Morgan fingerprint density at radius 3 is 2.74 bits per heavy atom. The first kappa shape index (κ1) is 17.5. The first-order valence-corrected chi connectivity index (χ1v) is 8.00. The quantitative estimate of drug-likeness (QED) is 0.741. The summed E-state index contributed by atoms with van der Waals surface area (Å²) in [6, 6.07) is 4.90. The number of nitrogens with two attached hydrogens (primary N) is 1. The van der Waals surface area contributed by atoms with Gasteiger partial charge in [0.15, 0.2) is 5.76 Å². The number of carbonyl (C=O) groups excluding carboxylic acids is 2. The highest BCUT2D eigenvalue weighted by molar-refractivity contribution is 7.14. The van der Waals surface area contributed by atoms with Crippen molar-refractivity contribution in [2.75, 3.05) is 11.9 Å². The fraction of sp³-hybridized carbons (Fsp3) is 0.333. The van der Waals surface area contributed by atoms with E-state index in [1.54, 1.807) is 23.6 Å². The van der Waals surface area contributed by atoms with Gasteiger partial charge in [-0.1, -0.05) is 0 Å². The summed E-state index contributed by atoms with van der Waals surface area (Å²) < 4.78 is 5.04. The molecule has 2 heterocycles. The molecule has 6 nitrogen and oxygen atoms in total. The average Bonchev–Trinajstić information content (AvgIpc) is 3.03. The Kier molecular flexibility index (Phi) is 5.81. The van der Waals surface area contributed by atoms with E-state index < -0.39 is 0 Å². The smallest absolute Gasteiger partial charge is 0.291 e. The van der Waals surface area contributed by atoms with E-state index in [0.29, 0.717) is 23.0 Å². The molecule has 0 radical (unpaired) electrons. The number of carbonyl (C=O) groups is 2. The Bertz CT molecular complexity index is 667. The molecule has 1 unspecified atom stereocenters.